The minimum absolute atomic E-state index is 0.0160. The zero-order valence-corrected chi connectivity index (χ0v) is 24.0. The van der Waals surface area contributed by atoms with Gasteiger partial charge in [0, 0.05) is 30.0 Å². The van der Waals surface area contributed by atoms with Gasteiger partial charge in [-0.1, -0.05) is 66.7 Å². The average Bonchev–Trinajstić information content (AvgIpc) is 3.38. The molecule has 6 aromatic carbocycles. The van der Waals surface area contributed by atoms with Crippen LogP contribution < -0.4 is 9.47 Å². The molecule has 0 spiro atoms. The Morgan fingerprint density at radius 2 is 1.36 bits per heavy atom. The molecule has 7 rings (SSSR count). The molecule has 1 N–H and O–H groups in total. The number of imide groups is 1. The number of aliphatic hydroxyl groups is 1. The maximum atomic E-state index is 13.2. The van der Waals surface area contributed by atoms with E-state index in [0.717, 1.165) is 32.3 Å². The molecule has 1 fully saturated rings. The third kappa shape index (κ3) is 4.14. The van der Waals surface area contributed by atoms with Crippen LogP contribution in [0.4, 0.5) is 0 Å². The predicted molar refractivity (Wildman–Crippen MR) is 165 cm³/mol. The highest BCUT2D eigenvalue weighted by Gasteiger charge is 2.39. The first-order chi connectivity index (χ1) is 21.3. The van der Waals surface area contributed by atoms with Crippen molar-refractivity contribution in [3.8, 4) is 11.5 Å². The summed E-state index contributed by atoms with van der Waals surface area (Å²) >= 11 is 0. The van der Waals surface area contributed by atoms with E-state index in [2.05, 4.69) is 24.3 Å². The van der Waals surface area contributed by atoms with Gasteiger partial charge in [0.2, 0.25) is 0 Å². The van der Waals surface area contributed by atoms with E-state index in [0.29, 0.717) is 33.3 Å². The second-order valence-electron chi connectivity index (χ2n) is 10.8. The van der Waals surface area contributed by atoms with Gasteiger partial charge < -0.3 is 19.4 Å². The molecule has 8 heteroatoms. The Hall–Kier alpha value is -5.47. The topological polar surface area (TPSA) is 102 Å². The lowest BCUT2D eigenvalue weighted by Gasteiger charge is -2.33. The molecule has 1 unspecified atom stereocenters. The summed E-state index contributed by atoms with van der Waals surface area (Å²) in [6.07, 6.45) is -0.0321. The molecule has 1 aliphatic heterocycles. The SMILES string of the molecule is COc1ccc(C(O)(c2cccc(C(=O)ON3C(=O)CCC3=O)c2)c2ccc3ccc4cccc5ccc2c3c45)c(OC)c1. The highest BCUT2D eigenvalue weighted by molar-refractivity contribution is 6.23. The largest absolute Gasteiger partial charge is 0.497 e. The molecule has 0 aromatic heterocycles. The van der Waals surface area contributed by atoms with Crippen LogP contribution >= 0.6 is 0 Å². The van der Waals surface area contributed by atoms with E-state index in [-0.39, 0.29) is 18.4 Å². The maximum absolute atomic E-state index is 13.2. The van der Waals surface area contributed by atoms with Crippen LogP contribution in [0.25, 0.3) is 32.3 Å². The Kier molecular flexibility index (Phi) is 6.44. The van der Waals surface area contributed by atoms with Gasteiger partial charge >= 0.3 is 5.97 Å². The quantitative estimate of drug-likeness (QED) is 0.137. The van der Waals surface area contributed by atoms with Gasteiger partial charge in [0.25, 0.3) is 11.8 Å². The number of amides is 2. The molecule has 218 valence electrons. The molecular weight excluding hydrogens is 558 g/mol. The van der Waals surface area contributed by atoms with Crippen molar-refractivity contribution in [2.45, 2.75) is 18.4 Å². The van der Waals surface area contributed by atoms with E-state index in [1.54, 1.807) is 37.4 Å². The first-order valence-electron chi connectivity index (χ1n) is 14.1. The van der Waals surface area contributed by atoms with Crippen LogP contribution in [-0.2, 0) is 20.0 Å². The number of hydrogen-bond donors (Lipinski definition) is 1. The molecule has 1 heterocycles. The van der Waals surface area contributed by atoms with E-state index in [1.807, 2.05) is 30.3 Å². The van der Waals surface area contributed by atoms with Crippen LogP contribution in [-0.4, -0.2) is 42.2 Å². The number of carbonyl (C=O) groups excluding carboxylic acids is 3. The number of hydroxylamine groups is 2. The average molecular weight is 586 g/mol. The van der Waals surface area contributed by atoms with Crippen molar-refractivity contribution in [1.82, 2.24) is 5.06 Å². The van der Waals surface area contributed by atoms with Gasteiger partial charge in [0.15, 0.2) is 0 Å². The second kappa shape index (κ2) is 10.4. The fraction of sp³-hybridized carbons (Fsp3) is 0.139. The number of rotatable bonds is 7. The number of nitrogens with zero attached hydrogens (tertiary/aromatic N) is 1. The first kappa shape index (κ1) is 27.4. The van der Waals surface area contributed by atoms with Gasteiger partial charge in [-0.25, -0.2) is 4.79 Å². The van der Waals surface area contributed by atoms with Crippen molar-refractivity contribution < 1.29 is 33.8 Å². The lowest BCUT2D eigenvalue weighted by molar-refractivity contribution is -0.172. The summed E-state index contributed by atoms with van der Waals surface area (Å²) in [6.45, 7) is 0. The van der Waals surface area contributed by atoms with Crippen molar-refractivity contribution in [3.05, 3.63) is 119 Å². The minimum atomic E-state index is -1.84. The van der Waals surface area contributed by atoms with Crippen LogP contribution in [0, 0.1) is 0 Å². The maximum Gasteiger partial charge on any atom is 0.363 e. The third-order valence-electron chi connectivity index (χ3n) is 8.41. The van der Waals surface area contributed by atoms with Crippen molar-refractivity contribution in [1.29, 1.82) is 0 Å². The number of benzene rings is 6. The van der Waals surface area contributed by atoms with Gasteiger partial charge in [-0.3, -0.25) is 9.59 Å². The van der Waals surface area contributed by atoms with E-state index in [4.69, 9.17) is 14.3 Å². The molecule has 0 aliphatic carbocycles. The molecule has 44 heavy (non-hydrogen) atoms. The molecule has 6 aromatic rings. The minimum Gasteiger partial charge on any atom is -0.497 e. The highest BCUT2D eigenvalue weighted by atomic mass is 16.7. The fourth-order valence-corrected chi connectivity index (χ4v) is 6.27. The number of hydrogen-bond acceptors (Lipinski definition) is 7. The third-order valence-corrected chi connectivity index (χ3v) is 8.41. The first-order valence-corrected chi connectivity index (χ1v) is 14.1. The summed E-state index contributed by atoms with van der Waals surface area (Å²) in [6, 6.07) is 29.7. The summed E-state index contributed by atoms with van der Waals surface area (Å²) < 4.78 is 11.2. The number of ether oxygens (including phenoxy) is 2. The van der Waals surface area contributed by atoms with Gasteiger partial charge in [0.1, 0.15) is 17.1 Å². The van der Waals surface area contributed by atoms with Crippen molar-refractivity contribution in [2.75, 3.05) is 14.2 Å². The second-order valence-corrected chi connectivity index (χ2v) is 10.8. The van der Waals surface area contributed by atoms with Crippen LogP contribution in [0.3, 0.4) is 0 Å². The molecule has 1 atom stereocenters. The zero-order chi connectivity index (χ0) is 30.6. The molecule has 8 nitrogen and oxygen atoms in total. The Morgan fingerprint density at radius 3 is 2.07 bits per heavy atom. The smallest absolute Gasteiger partial charge is 0.363 e. The van der Waals surface area contributed by atoms with Crippen molar-refractivity contribution >= 4 is 50.1 Å². The molecule has 0 radical (unpaired) electrons. The van der Waals surface area contributed by atoms with Crippen LogP contribution in [0.5, 0.6) is 11.5 Å². The lowest BCUT2D eigenvalue weighted by atomic mass is 9.76. The summed E-state index contributed by atoms with van der Waals surface area (Å²) in [5.41, 5.74) is -0.438. The van der Waals surface area contributed by atoms with E-state index in [9.17, 15) is 19.5 Å². The summed E-state index contributed by atoms with van der Waals surface area (Å²) in [5, 5.41) is 19.7. The van der Waals surface area contributed by atoms with Gasteiger partial charge in [-0.15, -0.1) is 5.06 Å². The fourth-order valence-electron chi connectivity index (χ4n) is 6.27. The van der Waals surface area contributed by atoms with Crippen molar-refractivity contribution in [3.63, 3.8) is 0 Å². The number of carbonyl (C=O) groups is 3. The van der Waals surface area contributed by atoms with Gasteiger partial charge in [0.05, 0.1) is 19.8 Å². The lowest BCUT2D eigenvalue weighted by Crippen LogP contribution is -2.33. The van der Waals surface area contributed by atoms with E-state index in [1.165, 1.54) is 19.2 Å². The van der Waals surface area contributed by atoms with E-state index >= 15 is 0 Å². The van der Waals surface area contributed by atoms with Crippen LogP contribution in [0.15, 0.2) is 97.1 Å². The Labute approximate surface area is 252 Å². The molecular formula is C36H27NO7. The number of methoxy groups -OCH3 is 2. The summed E-state index contributed by atoms with van der Waals surface area (Å²) in [7, 11) is 3.06. The Morgan fingerprint density at radius 1 is 0.727 bits per heavy atom. The van der Waals surface area contributed by atoms with Crippen LogP contribution in [0.1, 0.15) is 39.9 Å². The standard InChI is InChI=1S/C36H27NO7/c1-42-26-13-16-29(30(20-26)43-2)36(41,25-8-4-7-24(19-25)35(40)44-37-31(38)17-18-32(37)39)28-15-12-23-10-9-21-5-3-6-22-11-14-27(28)34(23)33(21)22/h3-16,19-20,41H,17-18H2,1-2H3. The predicted octanol–water partition coefficient (Wildman–Crippen LogP) is 6.11. The summed E-state index contributed by atoms with van der Waals surface area (Å²) in [5.74, 6) is -1.13. The van der Waals surface area contributed by atoms with Crippen LogP contribution in [0.2, 0.25) is 0 Å². The monoisotopic (exact) mass is 585 g/mol. The molecule has 1 aliphatic rings. The summed E-state index contributed by atoms with van der Waals surface area (Å²) in [4.78, 5) is 42.6. The Bertz CT molecular complexity index is 2090. The molecule has 0 saturated carbocycles. The highest BCUT2D eigenvalue weighted by Crippen LogP contribution is 2.47. The molecule has 2 amide bonds. The zero-order valence-electron chi connectivity index (χ0n) is 24.0. The Balaban J connectivity index is 1.47. The molecule has 0 bridgehead atoms. The molecule has 1 saturated heterocycles. The normalized spacial score (nSPS) is 14.8. The van der Waals surface area contributed by atoms with Gasteiger partial charge in [-0.05, 0) is 62.1 Å². The van der Waals surface area contributed by atoms with Gasteiger partial charge in [-0.2, -0.15) is 0 Å². The van der Waals surface area contributed by atoms with E-state index < -0.39 is 23.4 Å². The van der Waals surface area contributed by atoms with Crippen molar-refractivity contribution in [2.24, 2.45) is 0 Å².